The average molecular weight is 346 g/mol. The standard InChI is InChI=1S/C13H16BrNO5/c1-4-10(13(17)18)15-12(16)8-5-7(19-2)6-9(14)11(8)20-3/h5-6,10H,4H2,1-3H3,(H,15,16)(H,17,18)/t10-/m1/s1. The molecule has 1 aromatic carbocycles. The van der Waals surface area contributed by atoms with Crippen molar-refractivity contribution in [3.8, 4) is 11.5 Å². The van der Waals surface area contributed by atoms with Crippen molar-refractivity contribution in [3.05, 3.63) is 22.2 Å². The molecule has 0 aromatic heterocycles. The fraction of sp³-hybridized carbons (Fsp3) is 0.385. The zero-order valence-electron chi connectivity index (χ0n) is 11.4. The summed E-state index contributed by atoms with van der Waals surface area (Å²) in [7, 11) is 2.90. The summed E-state index contributed by atoms with van der Waals surface area (Å²) in [6.07, 6.45) is 0.286. The number of amides is 1. The second-order valence-electron chi connectivity index (χ2n) is 3.96. The molecule has 1 atom stereocenters. The molecule has 0 radical (unpaired) electrons. The van der Waals surface area contributed by atoms with Gasteiger partial charge in [0, 0.05) is 0 Å². The molecule has 1 aromatic rings. The first kappa shape index (κ1) is 16.3. The molecule has 0 aliphatic carbocycles. The van der Waals surface area contributed by atoms with Gasteiger partial charge in [-0.05, 0) is 34.5 Å². The first-order valence-corrected chi connectivity index (χ1v) is 6.69. The lowest BCUT2D eigenvalue weighted by Crippen LogP contribution is -2.40. The maximum Gasteiger partial charge on any atom is 0.326 e. The molecule has 0 saturated heterocycles. The van der Waals surface area contributed by atoms with E-state index in [4.69, 9.17) is 14.6 Å². The minimum atomic E-state index is -1.08. The Balaban J connectivity index is 3.13. The Hall–Kier alpha value is -1.76. The summed E-state index contributed by atoms with van der Waals surface area (Å²) in [5.74, 6) is -0.827. The van der Waals surface area contributed by atoms with E-state index in [1.165, 1.54) is 20.3 Å². The van der Waals surface area contributed by atoms with E-state index in [1.54, 1.807) is 13.0 Å². The number of ether oxygens (including phenoxy) is 2. The molecule has 110 valence electrons. The molecule has 20 heavy (non-hydrogen) atoms. The van der Waals surface area contributed by atoms with E-state index >= 15 is 0 Å². The van der Waals surface area contributed by atoms with Gasteiger partial charge < -0.3 is 19.9 Å². The molecule has 0 aliphatic rings. The molecule has 2 N–H and O–H groups in total. The van der Waals surface area contributed by atoms with Crippen molar-refractivity contribution in [2.24, 2.45) is 0 Å². The van der Waals surface area contributed by atoms with Crippen LogP contribution in [-0.2, 0) is 4.79 Å². The first-order valence-electron chi connectivity index (χ1n) is 5.89. The third kappa shape index (κ3) is 3.63. The van der Waals surface area contributed by atoms with Gasteiger partial charge in [0.05, 0.1) is 24.3 Å². The van der Waals surface area contributed by atoms with Gasteiger partial charge in [0.25, 0.3) is 5.91 Å². The fourth-order valence-corrected chi connectivity index (χ4v) is 2.24. The van der Waals surface area contributed by atoms with E-state index in [1.807, 2.05) is 0 Å². The second kappa shape index (κ2) is 7.14. The predicted molar refractivity (Wildman–Crippen MR) is 76.4 cm³/mol. The fourth-order valence-electron chi connectivity index (χ4n) is 1.64. The highest BCUT2D eigenvalue weighted by atomic mass is 79.9. The number of carboxylic acids is 1. The van der Waals surface area contributed by atoms with Crippen molar-refractivity contribution in [2.45, 2.75) is 19.4 Å². The van der Waals surface area contributed by atoms with Gasteiger partial charge >= 0.3 is 5.97 Å². The molecule has 0 fully saturated rings. The van der Waals surface area contributed by atoms with Crippen LogP contribution in [0.2, 0.25) is 0 Å². The zero-order chi connectivity index (χ0) is 15.3. The van der Waals surface area contributed by atoms with E-state index in [-0.39, 0.29) is 12.0 Å². The third-order valence-corrected chi connectivity index (χ3v) is 3.30. The molecule has 0 bridgehead atoms. The molecular formula is C13H16BrNO5. The third-order valence-electron chi connectivity index (χ3n) is 2.71. The van der Waals surface area contributed by atoms with Crippen molar-refractivity contribution in [2.75, 3.05) is 14.2 Å². The number of hydrogen-bond donors (Lipinski definition) is 2. The predicted octanol–water partition coefficient (Wildman–Crippen LogP) is 2.06. The number of carbonyl (C=O) groups excluding carboxylic acids is 1. The second-order valence-corrected chi connectivity index (χ2v) is 4.82. The normalized spacial score (nSPS) is 11.6. The Labute approximate surface area is 125 Å². The van der Waals surface area contributed by atoms with Gasteiger partial charge in [0.1, 0.15) is 17.5 Å². The zero-order valence-corrected chi connectivity index (χ0v) is 13.0. The lowest BCUT2D eigenvalue weighted by Gasteiger charge is -2.15. The van der Waals surface area contributed by atoms with Crippen molar-refractivity contribution >= 4 is 27.8 Å². The van der Waals surface area contributed by atoms with Crippen LogP contribution in [0, 0.1) is 0 Å². The molecule has 0 spiro atoms. The topological polar surface area (TPSA) is 84.9 Å². The lowest BCUT2D eigenvalue weighted by molar-refractivity contribution is -0.139. The van der Waals surface area contributed by atoms with Crippen LogP contribution in [0.5, 0.6) is 11.5 Å². The number of aliphatic carboxylic acids is 1. The summed E-state index contributed by atoms with van der Waals surface area (Å²) in [6, 6.07) is 2.20. The largest absolute Gasteiger partial charge is 0.497 e. The van der Waals surface area contributed by atoms with Crippen LogP contribution in [0.25, 0.3) is 0 Å². The monoisotopic (exact) mass is 345 g/mol. The molecular weight excluding hydrogens is 330 g/mol. The van der Waals surface area contributed by atoms with E-state index in [9.17, 15) is 9.59 Å². The molecule has 1 amide bonds. The highest BCUT2D eigenvalue weighted by Gasteiger charge is 2.22. The number of carboxylic acid groups (broad SMARTS) is 1. The first-order chi connectivity index (χ1) is 9.44. The average Bonchev–Trinajstić information content (AvgIpc) is 2.42. The number of rotatable bonds is 6. The Kier molecular flexibility index (Phi) is 5.82. The summed E-state index contributed by atoms with van der Waals surface area (Å²) >= 11 is 3.28. The van der Waals surface area contributed by atoms with Crippen LogP contribution in [-0.4, -0.2) is 37.2 Å². The van der Waals surface area contributed by atoms with Crippen molar-refractivity contribution in [1.29, 1.82) is 0 Å². The summed E-state index contributed by atoms with van der Waals surface area (Å²) < 4.78 is 10.8. The molecule has 1 rings (SSSR count). The van der Waals surface area contributed by atoms with Crippen LogP contribution in [0.15, 0.2) is 16.6 Å². The van der Waals surface area contributed by atoms with E-state index < -0.39 is 17.9 Å². The summed E-state index contributed by atoms with van der Waals surface area (Å²) in [4.78, 5) is 23.1. The number of benzene rings is 1. The Bertz CT molecular complexity index is 518. The van der Waals surface area contributed by atoms with Gasteiger partial charge in [0.2, 0.25) is 0 Å². The van der Waals surface area contributed by atoms with Crippen LogP contribution in [0.4, 0.5) is 0 Å². The minimum Gasteiger partial charge on any atom is -0.497 e. The number of halogens is 1. The van der Waals surface area contributed by atoms with E-state index in [0.717, 1.165) is 0 Å². The van der Waals surface area contributed by atoms with Crippen LogP contribution < -0.4 is 14.8 Å². The van der Waals surface area contributed by atoms with Crippen molar-refractivity contribution in [1.82, 2.24) is 5.32 Å². The van der Waals surface area contributed by atoms with Crippen molar-refractivity contribution < 1.29 is 24.2 Å². The number of nitrogens with one attached hydrogen (secondary N) is 1. The molecule has 0 saturated carbocycles. The molecule has 0 heterocycles. The number of methoxy groups -OCH3 is 2. The molecule has 0 aliphatic heterocycles. The Morgan fingerprint density at radius 2 is 2.00 bits per heavy atom. The van der Waals surface area contributed by atoms with E-state index in [2.05, 4.69) is 21.2 Å². The molecule has 0 unspecified atom stereocenters. The summed E-state index contributed by atoms with van der Waals surface area (Å²) in [5.41, 5.74) is 0.207. The van der Waals surface area contributed by atoms with Crippen LogP contribution in [0.3, 0.4) is 0 Å². The van der Waals surface area contributed by atoms with Gasteiger partial charge in [-0.15, -0.1) is 0 Å². The van der Waals surface area contributed by atoms with Crippen LogP contribution >= 0.6 is 15.9 Å². The van der Waals surface area contributed by atoms with Gasteiger partial charge in [-0.2, -0.15) is 0 Å². The van der Waals surface area contributed by atoms with Crippen molar-refractivity contribution in [3.63, 3.8) is 0 Å². The minimum absolute atomic E-state index is 0.207. The molecule has 6 nitrogen and oxygen atoms in total. The van der Waals surface area contributed by atoms with Gasteiger partial charge in [-0.3, -0.25) is 4.79 Å². The lowest BCUT2D eigenvalue weighted by atomic mass is 10.1. The highest BCUT2D eigenvalue weighted by Crippen LogP contribution is 2.33. The number of carbonyl (C=O) groups is 2. The smallest absolute Gasteiger partial charge is 0.326 e. The highest BCUT2D eigenvalue weighted by molar-refractivity contribution is 9.10. The molecule has 7 heteroatoms. The Morgan fingerprint density at radius 1 is 1.35 bits per heavy atom. The van der Waals surface area contributed by atoms with Gasteiger partial charge in [-0.1, -0.05) is 6.92 Å². The Morgan fingerprint density at radius 3 is 2.45 bits per heavy atom. The van der Waals surface area contributed by atoms with Gasteiger partial charge in [-0.25, -0.2) is 4.79 Å². The quantitative estimate of drug-likeness (QED) is 0.824. The van der Waals surface area contributed by atoms with E-state index in [0.29, 0.717) is 16.0 Å². The summed E-state index contributed by atoms with van der Waals surface area (Å²) in [5, 5.41) is 11.4. The maximum atomic E-state index is 12.2. The maximum absolute atomic E-state index is 12.2. The summed E-state index contributed by atoms with van der Waals surface area (Å²) in [6.45, 7) is 1.68. The van der Waals surface area contributed by atoms with Gasteiger partial charge in [0.15, 0.2) is 0 Å². The SMILES string of the molecule is CC[C@@H](NC(=O)c1cc(OC)cc(Br)c1OC)C(=O)O. The number of hydrogen-bond acceptors (Lipinski definition) is 4. The van der Waals surface area contributed by atoms with Crippen LogP contribution in [0.1, 0.15) is 23.7 Å².